The zero-order chi connectivity index (χ0) is 12.2. The molecule has 1 unspecified atom stereocenters. The second-order valence-electron chi connectivity index (χ2n) is 3.88. The lowest BCUT2D eigenvalue weighted by Gasteiger charge is -2.26. The number of rotatable bonds is 6. The van der Waals surface area contributed by atoms with Crippen LogP contribution >= 0.6 is 0 Å². The van der Waals surface area contributed by atoms with Gasteiger partial charge in [0, 0.05) is 25.5 Å². The molecule has 90 valence electrons. The van der Waals surface area contributed by atoms with Gasteiger partial charge in [-0.25, -0.2) is 4.98 Å². The van der Waals surface area contributed by atoms with Gasteiger partial charge in [-0.1, -0.05) is 6.92 Å². The Hall–Kier alpha value is -1.16. The quantitative estimate of drug-likeness (QED) is 0.696. The molecule has 1 aromatic heterocycles. The van der Waals surface area contributed by atoms with Gasteiger partial charge in [0.25, 0.3) is 0 Å². The largest absolute Gasteiger partial charge is 0.367 e. The van der Waals surface area contributed by atoms with Crippen molar-refractivity contribution in [1.29, 1.82) is 0 Å². The van der Waals surface area contributed by atoms with Gasteiger partial charge in [0.1, 0.15) is 5.60 Å². The number of hydrogen-bond donors (Lipinski definition) is 0. The van der Waals surface area contributed by atoms with E-state index in [0.29, 0.717) is 18.9 Å². The Morgan fingerprint density at radius 3 is 2.69 bits per heavy atom. The number of aryl methyl sites for hydroxylation is 1. The molecule has 1 rings (SSSR count). The van der Waals surface area contributed by atoms with E-state index in [1.54, 1.807) is 6.20 Å². The highest BCUT2D eigenvalue weighted by molar-refractivity contribution is 5.99. The molecule has 0 N–H and O–H groups in total. The van der Waals surface area contributed by atoms with Crippen molar-refractivity contribution >= 4 is 5.78 Å². The molecule has 0 saturated heterocycles. The summed E-state index contributed by atoms with van der Waals surface area (Å²) in [7, 11) is 0. The molecule has 1 atom stereocenters. The summed E-state index contributed by atoms with van der Waals surface area (Å²) in [4.78, 5) is 16.4. The van der Waals surface area contributed by atoms with E-state index < -0.39 is 5.60 Å². The van der Waals surface area contributed by atoms with Crippen LogP contribution in [0.2, 0.25) is 0 Å². The predicted octanol–water partition coefficient (Wildman–Crippen LogP) is 2.29. The van der Waals surface area contributed by atoms with Crippen LogP contribution in [0.25, 0.3) is 0 Å². The molecule has 0 aromatic carbocycles. The molecule has 1 aromatic rings. The van der Waals surface area contributed by atoms with Crippen molar-refractivity contribution in [2.24, 2.45) is 0 Å². The van der Waals surface area contributed by atoms with Crippen LogP contribution < -0.4 is 0 Å². The summed E-state index contributed by atoms with van der Waals surface area (Å²) in [5.74, 6) is 0.448. The first-order chi connectivity index (χ1) is 7.59. The number of carbonyl (C=O) groups is 1. The smallest absolute Gasteiger partial charge is 0.229 e. The van der Waals surface area contributed by atoms with E-state index in [4.69, 9.17) is 4.74 Å². The SMILES string of the molecule is CCOC(C)(CC)C(=O)c1nccn1CC. The number of Topliss-reactive ketones (excluding diaryl/α,β-unsaturated/α-hetero) is 1. The lowest BCUT2D eigenvalue weighted by atomic mass is 9.96. The van der Waals surface area contributed by atoms with E-state index in [2.05, 4.69) is 4.98 Å². The fourth-order valence-electron chi connectivity index (χ4n) is 1.66. The molecule has 4 nitrogen and oxygen atoms in total. The van der Waals surface area contributed by atoms with Crippen LogP contribution in [0.1, 0.15) is 44.7 Å². The minimum atomic E-state index is -0.757. The van der Waals surface area contributed by atoms with Gasteiger partial charge in [-0.2, -0.15) is 0 Å². The Morgan fingerprint density at radius 1 is 1.50 bits per heavy atom. The van der Waals surface area contributed by atoms with E-state index in [1.807, 2.05) is 38.5 Å². The van der Waals surface area contributed by atoms with Gasteiger partial charge in [0.05, 0.1) is 0 Å². The first kappa shape index (κ1) is 12.9. The van der Waals surface area contributed by atoms with E-state index in [9.17, 15) is 4.79 Å². The highest BCUT2D eigenvalue weighted by Gasteiger charge is 2.35. The topological polar surface area (TPSA) is 44.1 Å². The number of hydrogen-bond acceptors (Lipinski definition) is 3. The van der Waals surface area contributed by atoms with Crippen LogP contribution in [-0.2, 0) is 11.3 Å². The van der Waals surface area contributed by atoms with E-state index in [0.717, 1.165) is 6.54 Å². The molecule has 0 amide bonds. The molecular weight excluding hydrogens is 204 g/mol. The van der Waals surface area contributed by atoms with Crippen molar-refractivity contribution in [3.63, 3.8) is 0 Å². The third-order valence-electron chi connectivity index (χ3n) is 2.88. The lowest BCUT2D eigenvalue weighted by Crippen LogP contribution is -2.39. The first-order valence-electron chi connectivity index (χ1n) is 5.78. The van der Waals surface area contributed by atoms with Crippen molar-refractivity contribution in [3.8, 4) is 0 Å². The minimum Gasteiger partial charge on any atom is -0.367 e. The van der Waals surface area contributed by atoms with Gasteiger partial charge in [0.2, 0.25) is 5.78 Å². The van der Waals surface area contributed by atoms with Crippen LogP contribution in [-0.4, -0.2) is 27.5 Å². The summed E-state index contributed by atoms with van der Waals surface area (Å²) in [5.41, 5.74) is -0.757. The molecule has 0 saturated carbocycles. The van der Waals surface area contributed by atoms with Gasteiger partial charge < -0.3 is 9.30 Å². The number of carbonyl (C=O) groups excluding carboxylic acids is 1. The zero-order valence-electron chi connectivity index (χ0n) is 10.5. The Kier molecular flexibility index (Phi) is 4.24. The Balaban J connectivity index is 2.99. The summed E-state index contributed by atoms with van der Waals surface area (Å²) in [5, 5.41) is 0. The van der Waals surface area contributed by atoms with Gasteiger partial charge in [0.15, 0.2) is 5.82 Å². The molecule has 0 spiro atoms. The maximum absolute atomic E-state index is 12.3. The first-order valence-corrected chi connectivity index (χ1v) is 5.78. The van der Waals surface area contributed by atoms with Gasteiger partial charge in [-0.15, -0.1) is 0 Å². The standard InChI is InChI=1S/C12H20N2O2/c1-5-12(4,16-7-3)10(15)11-13-8-9-14(11)6-2/h8-9H,5-7H2,1-4H3. The minimum absolute atomic E-state index is 0.0382. The van der Waals surface area contributed by atoms with E-state index in [-0.39, 0.29) is 5.78 Å². The second-order valence-corrected chi connectivity index (χ2v) is 3.88. The molecule has 16 heavy (non-hydrogen) atoms. The van der Waals surface area contributed by atoms with Crippen LogP contribution in [0.5, 0.6) is 0 Å². The average Bonchev–Trinajstić information content (AvgIpc) is 2.76. The normalized spacial score (nSPS) is 14.8. The van der Waals surface area contributed by atoms with Crippen molar-refractivity contribution in [3.05, 3.63) is 18.2 Å². The van der Waals surface area contributed by atoms with Gasteiger partial charge >= 0.3 is 0 Å². The van der Waals surface area contributed by atoms with Crippen molar-refractivity contribution in [2.45, 2.75) is 46.3 Å². The van der Waals surface area contributed by atoms with Crippen LogP contribution in [0, 0.1) is 0 Å². The highest BCUT2D eigenvalue weighted by atomic mass is 16.5. The zero-order valence-corrected chi connectivity index (χ0v) is 10.5. The Morgan fingerprint density at radius 2 is 2.19 bits per heavy atom. The van der Waals surface area contributed by atoms with Crippen LogP contribution in [0.4, 0.5) is 0 Å². The Labute approximate surface area is 96.6 Å². The Bertz CT molecular complexity index is 360. The molecule has 0 fully saturated rings. The summed E-state index contributed by atoms with van der Waals surface area (Å²) in [6.07, 6.45) is 4.12. The number of ether oxygens (including phenoxy) is 1. The molecule has 0 aliphatic heterocycles. The lowest BCUT2D eigenvalue weighted by molar-refractivity contribution is -0.0126. The van der Waals surface area contributed by atoms with E-state index in [1.165, 1.54) is 0 Å². The van der Waals surface area contributed by atoms with Crippen molar-refractivity contribution in [2.75, 3.05) is 6.61 Å². The van der Waals surface area contributed by atoms with Crippen molar-refractivity contribution in [1.82, 2.24) is 9.55 Å². The number of ketones is 1. The molecular formula is C12H20N2O2. The summed E-state index contributed by atoms with van der Waals surface area (Å²) in [6.45, 7) is 8.94. The molecule has 0 aliphatic rings. The van der Waals surface area contributed by atoms with Crippen LogP contribution in [0.15, 0.2) is 12.4 Å². The second kappa shape index (κ2) is 5.25. The summed E-state index contributed by atoms with van der Waals surface area (Å²) >= 11 is 0. The summed E-state index contributed by atoms with van der Waals surface area (Å²) in [6, 6.07) is 0. The maximum Gasteiger partial charge on any atom is 0.229 e. The average molecular weight is 224 g/mol. The monoisotopic (exact) mass is 224 g/mol. The summed E-state index contributed by atoms with van der Waals surface area (Å²) < 4.78 is 7.40. The fourth-order valence-corrected chi connectivity index (χ4v) is 1.66. The van der Waals surface area contributed by atoms with Crippen LogP contribution in [0.3, 0.4) is 0 Å². The molecule has 1 heterocycles. The van der Waals surface area contributed by atoms with Gasteiger partial charge in [-0.3, -0.25) is 4.79 Å². The third kappa shape index (κ3) is 2.32. The number of imidazole rings is 1. The molecule has 4 heteroatoms. The number of nitrogens with zero attached hydrogens (tertiary/aromatic N) is 2. The highest BCUT2D eigenvalue weighted by Crippen LogP contribution is 2.20. The molecule has 0 bridgehead atoms. The fraction of sp³-hybridized carbons (Fsp3) is 0.667. The van der Waals surface area contributed by atoms with E-state index >= 15 is 0 Å². The molecule has 0 aliphatic carbocycles. The third-order valence-corrected chi connectivity index (χ3v) is 2.88. The van der Waals surface area contributed by atoms with Crippen molar-refractivity contribution < 1.29 is 9.53 Å². The molecule has 0 radical (unpaired) electrons. The number of aromatic nitrogens is 2. The predicted molar refractivity (Wildman–Crippen MR) is 62.6 cm³/mol. The maximum atomic E-state index is 12.3. The van der Waals surface area contributed by atoms with Gasteiger partial charge in [-0.05, 0) is 27.2 Å².